The molecule has 12 N–H and O–H groups in total. The lowest BCUT2D eigenvalue weighted by atomic mass is 10.0. The Hall–Kier alpha value is -3.95. The Morgan fingerprint density at radius 3 is 1.81 bits per heavy atom. The Kier molecular flexibility index (Phi) is 14.9. The minimum atomic E-state index is -1.50. The quantitative estimate of drug-likeness (QED) is 0.0495. The minimum absolute atomic E-state index is 0.000521. The van der Waals surface area contributed by atoms with E-state index in [9.17, 15) is 33.9 Å². The summed E-state index contributed by atoms with van der Waals surface area (Å²) < 4.78 is 0. The fourth-order valence-electron chi connectivity index (χ4n) is 3.10. The second kappa shape index (κ2) is 16.7. The van der Waals surface area contributed by atoms with Crippen LogP contribution in [0.4, 0.5) is 0 Å². The molecule has 37 heavy (non-hydrogen) atoms. The van der Waals surface area contributed by atoms with Gasteiger partial charge in [-0.3, -0.25) is 29.0 Å². The predicted octanol–water partition coefficient (Wildman–Crippen LogP) is -2.71. The van der Waals surface area contributed by atoms with E-state index in [0.29, 0.717) is 0 Å². The number of guanidine groups is 1. The first-order valence-corrected chi connectivity index (χ1v) is 11.5. The molecule has 0 aromatic rings. The van der Waals surface area contributed by atoms with Crippen molar-refractivity contribution in [3.8, 4) is 0 Å². The summed E-state index contributed by atoms with van der Waals surface area (Å²) in [5.41, 5.74) is 16.1. The number of amides is 3. The average Bonchev–Trinajstić information content (AvgIpc) is 2.76. The van der Waals surface area contributed by atoms with E-state index in [1.165, 1.54) is 0 Å². The molecule has 0 bridgehead atoms. The van der Waals surface area contributed by atoms with Crippen LogP contribution >= 0.6 is 0 Å². The lowest BCUT2D eigenvalue weighted by molar-refractivity contribution is -0.143. The normalized spacial score (nSPS) is 13.9. The largest absolute Gasteiger partial charge is 0.481 e. The molecule has 0 saturated heterocycles. The third-order valence-corrected chi connectivity index (χ3v) is 4.91. The van der Waals surface area contributed by atoms with Crippen LogP contribution in [-0.2, 0) is 28.8 Å². The summed E-state index contributed by atoms with van der Waals surface area (Å²) in [5.74, 6) is -6.88. The van der Waals surface area contributed by atoms with Crippen LogP contribution in [0.15, 0.2) is 4.99 Å². The van der Waals surface area contributed by atoms with Gasteiger partial charge in [-0.05, 0) is 31.6 Å². The number of nitrogens with two attached hydrogens (primary N) is 3. The molecule has 0 aliphatic heterocycles. The van der Waals surface area contributed by atoms with Crippen molar-refractivity contribution in [2.45, 2.75) is 76.5 Å². The van der Waals surface area contributed by atoms with E-state index in [0.717, 1.165) is 0 Å². The molecule has 4 atom stereocenters. The fourth-order valence-corrected chi connectivity index (χ4v) is 3.10. The van der Waals surface area contributed by atoms with Crippen LogP contribution in [-0.4, -0.2) is 87.6 Å². The smallest absolute Gasteiger partial charge is 0.326 e. The number of nitrogens with one attached hydrogen (secondary N) is 3. The topological polar surface area (TPSA) is 290 Å². The van der Waals surface area contributed by atoms with Crippen molar-refractivity contribution in [2.24, 2.45) is 28.1 Å². The number of aliphatic carboxylic acids is 3. The molecule has 0 rings (SSSR count). The Balaban J connectivity index is 5.64. The standard InChI is InChI=1S/C21H37N7O9/c1-10(2)8-14(19(35)27-13(20(36)37)5-6-15(29)30)28-18(34)12(4-3-7-25-21(23)24)26-17(33)11(22)9-16(31)32/h10-14H,3-9,22H2,1-2H3,(H,26,33)(H,27,35)(H,28,34)(H,29,30)(H,31,32)(H,36,37)(H4,23,24,25). The summed E-state index contributed by atoms with van der Waals surface area (Å²) in [6.07, 6.45) is -1.24. The van der Waals surface area contributed by atoms with Crippen molar-refractivity contribution in [1.82, 2.24) is 16.0 Å². The molecule has 0 aromatic heterocycles. The lowest BCUT2D eigenvalue weighted by Crippen LogP contribution is -2.57. The highest BCUT2D eigenvalue weighted by molar-refractivity contribution is 5.94. The molecule has 210 valence electrons. The van der Waals surface area contributed by atoms with Gasteiger partial charge < -0.3 is 48.5 Å². The third-order valence-electron chi connectivity index (χ3n) is 4.91. The van der Waals surface area contributed by atoms with E-state index < -0.39 is 72.6 Å². The van der Waals surface area contributed by atoms with Crippen molar-refractivity contribution in [3.63, 3.8) is 0 Å². The monoisotopic (exact) mass is 531 g/mol. The number of hydrogen-bond acceptors (Lipinski definition) is 8. The van der Waals surface area contributed by atoms with Crippen molar-refractivity contribution in [1.29, 1.82) is 0 Å². The van der Waals surface area contributed by atoms with Crippen molar-refractivity contribution in [3.05, 3.63) is 0 Å². The summed E-state index contributed by atoms with van der Waals surface area (Å²) in [4.78, 5) is 75.1. The van der Waals surface area contributed by atoms with Crippen LogP contribution in [0.2, 0.25) is 0 Å². The van der Waals surface area contributed by atoms with Crippen LogP contribution < -0.4 is 33.2 Å². The SMILES string of the molecule is CC(C)CC(NC(=O)C(CCCN=C(N)N)NC(=O)C(N)CC(=O)O)C(=O)NC(CCC(=O)O)C(=O)O. The first-order chi connectivity index (χ1) is 17.1. The molecule has 0 aromatic carbocycles. The van der Waals surface area contributed by atoms with Crippen LogP contribution in [0, 0.1) is 5.92 Å². The van der Waals surface area contributed by atoms with E-state index in [-0.39, 0.29) is 44.1 Å². The molecule has 0 fully saturated rings. The Labute approximate surface area is 213 Å². The maximum atomic E-state index is 13.0. The minimum Gasteiger partial charge on any atom is -0.481 e. The molecule has 0 spiro atoms. The maximum Gasteiger partial charge on any atom is 0.326 e. The molecule has 0 aliphatic carbocycles. The Morgan fingerprint density at radius 1 is 0.784 bits per heavy atom. The van der Waals surface area contributed by atoms with Crippen LogP contribution in [0.1, 0.15) is 52.4 Å². The summed E-state index contributed by atoms with van der Waals surface area (Å²) in [6.45, 7) is 3.62. The van der Waals surface area contributed by atoms with E-state index in [1.807, 2.05) is 0 Å². The van der Waals surface area contributed by atoms with Gasteiger partial charge in [-0.2, -0.15) is 0 Å². The van der Waals surface area contributed by atoms with Gasteiger partial charge in [-0.15, -0.1) is 0 Å². The number of carboxylic acids is 3. The van der Waals surface area contributed by atoms with Gasteiger partial charge >= 0.3 is 17.9 Å². The zero-order chi connectivity index (χ0) is 28.7. The molecular formula is C21H37N7O9. The second-order valence-electron chi connectivity index (χ2n) is 8.74. The summed E-state index contributed by atoms with van der Waals surface area (Å²) in [7, 11) is 0. The average molecular weight is 532 g/mol. The second-order valence-corrected chi connectivity index (χ2v) is 8.74. The first-order valence-electron chi connectivity index (χ1n) is 11.5. The van der Waals surface area contributed by atoms with Crippen LogP contribution in [0.25, 0.3) is 0 Å². The first kappa shape index (κ1) is 33.0. The molecule has 0 radical (unpaired) electrons. The number of carboxylic acid groups (broad SMARTS) is 3. The summed E-state index contributed by atoms with van der Waals surface area (Å²) in [5, 5.41) is 34.0. The molecule has 0 saturated carbocycles. The lowest BCUT2D eigenvalue weighted by Gasteiger charge is -2.26. The fraction of sp³-hybridized carbons (Fsp3) is 0.667. The Morgan fingerprint density at radius 2 is 1.32 bits per heavy atom. The van der Waals surface area contributed by atoms with Crippen molar-refractivity contribution in [2.75, 3.05) is 6.54 Å². The molecule has 4 unspecified atom stereocenters. The van der Waals surface area contributed by atoms with Crippen LogP contribution in [0.5, 0.6) is 0 Å². The van der Waals surface area contributed by atoms with Gasteiger partial charge in [-0.1, -0.05) is 13.8 Å². The van der Waals surface area contributed by atoms with Gasteiger partial charge in [0.15, 0.2) is 5.96 Å². The number of rotatable bonds is 18. The molecule has 3 amide bonds. The third kappa shape index (κ3) is 14.9. The number of nitrogens with zero attached hydrogens (tertiary/aromatic N) is 1. The van der Waals surface area contributed by atoms with Gasteiger partial charge in [0.25, 0.3) is 0 Å². The Bertz CT molecular complexity index is 859. The summed E-state index contributed by atoms with van der Waals surface area (Å²) >= 11 is 0. The number of carbonyl (C=O) groups is 6. The van der Waals surface area contributed by atoms with E-state index >= 15 is 0 Å². The molecule has 16 nitrogen and oxygen atoms in total. The highest BCUT2D eigenvalue weighted by atomic mass is 16.4. The predicted molar refractivity (Wildman–Crippen MR) is 130 cm³/mol. The molecule has 0 heterocycles. The van der Waals surface area contributed by atoms with Crippen LogP contribution in [0.3, 0.4) is 0 Å². The van der Waals surface area contributed by atoms with E-state index in [2.05, 4.69) is 20.9 Å². The zero-order valence-corrected chi connectivity index (χ0v) is 20.8. The highest BCUT2D eigenvalue weighted by Crippen LogP contribution is 2.09. The molecule has 0 aliphatic rings. The maximum absolute atomic E-state index is 13.0. The molecular weight excluding hydrogens is 494 g/mol. The van der Waals surface area contributed by atoms with Gasteiger partial charge in [-0.25, -0.2) is 4.79 Å². The zero-order valence-electron chi connectivity index (χ0n) is 20.8. The highest BCUT2D eigenvalue weighted by Gasteiger charge is 2.31. The van der Waals surface area contributed by atoms with E-state index in [4.69, 9.17) is 27.4 Å². The van der Waals surface area contributed by atoms with Crippen molar-refractivity contribution < 1.29 is 44.1 Å². The van der Waals surface area contributed by atoms with Gasteiger partial charge in [0.2, 0.25) is 17.7 Å². The van der Waals surface area contributed by atoms with E-state index in [1.54, 1.807) is 13.8 Å². The number of aliphatic imine (C=N–C) groups is 1. The molecule has 16 heteroatoms. The summed E-state index contributed by atoms with van der Waals surface area (Å²) in [6, 6.07) is -5.40. The number of hydrogen-bond donors (Lipinski definition) is 9. The van der Waals surface area contributed by atoms with Gasteiger partial charge in [0.1, 0.15) is 18.1 Å². The van der Waals surface area contributed by atoms with Gasteiger partial charge in [0, 0.05) is 13.0 Å². The number of carbonyl (C=O) groups excluding carboxylic acids is 3. The van der Waals surface area contributed by atoms with Crippen molar-refractivity contribution >= 4 is 41.6 Å². The van der Waals surface area contributed by atoms with Gasteiger partial charge in [0.05, 0.1) is 12.5 Å².